The second-order valence-corrected chi connectivity index (χ2v) is 5.18. The van der Waals surface area contributed by atoms with Crippen LogP contribution in [-0.2, 0) is 16.1 Å². The zero-order valence-electron chi connectivity index (χ0n) is 13.2. The van der Waals surface area contributed by atoms with E-state index in [-0.39, 0.29) is 24.9 Å². The summed E-state index contributed by atoms with van der Waals surface area (Å²) in [7, 11) is 1.65. The lowest BCUT2D eigenvalue weighted by atomic mass is 10.2. The van der Waals surface area contributed by atoms with E-state index < -0.39 is 0 Å². The fourth-order valence-corrected chi connectivity index (χ4v) is 1.92. The van der Waals surface area contributed by atoms with Crippen molar-refractivity contribution in [3.63, 3.8) is 0 Å². The molecule has 24 heavy (non-hydrogen) atoms. The van der Waals surface area contributed by atoms with E-state index in [1.54, 1.807) is 31.4 Å². The second kappa shape index (κ2) is 10.9. The summed E-state index contributed by atoms with van der Waals surface area (Å²) in [6, 6.07) is 7.10. The fraction of sp³-hybridized carbons (Fsp3) is 0.429. The third-order valence-corrected chi connectivity index (χ3v) is 3.20. The molecule has 0 fully saturated rings. The molecule has 2 rings (SSSR count). The average Bonchev–Trinajstić information content (AvgIpc) is 3.00. The van der Waals surface area contributed by atoms with Gasteiger partial charge in [-0.15, -0.1) is 22.6 Å². The molecule has 2 N–H and O–H groups in total. The van der Waals surface area contributed by atoms with Gasteiger partial charge in [0.05, 0.1) is 6.61 Å². The summed E-state index contributed by atoms with van der Waals surface area (Å²) >= 11 is 5.83. The minimum Gasteiger partial charge on any atom is -0.383 e. The molecule has 0 saturated carbocycles. The van der Waals surface area contributed by atoms with Crippen LogP contribution < -0.4 is 10.6 Å². The van der Waals surface area contributed by atoms with Crippen LogP contribution in [-0.4, -0.2) is 59.5 Å². The van der Waals surface area contributed by atoms with Gasteiger partial charge in [0.25, 0.3) is 0 Å². The first kappa shape index (κ1) is 20.3. The van der Waals surface area contributed by atoms with Gasteiger partial charge in [-0.2, -0.15) is 4.80 Å². The lowest BCUT2D eigenvalue weighted by Crippen LogP contribution is -2.35. The van der Waals surface area contributed by atoms with Gasteiger partial charge < -0.3 is 15.4 Å². The lowest BCUT2D eigenvalue weighted by Gasteiger charge is -2.05. The Morgan fingerprint density at radius 2 is 2.00 bits per heavy atom. The summed E-state index contributed by atoms with van der Waals surface area (Å²) in [5.41, 5.74) is 0.795. The summed E-state index contributed by atoms with van der Waals surface area (Å²) in [5, 5.41) is 18.5. The van der Waals surface area contributed by atoms with Gasteiger partial charge in [0.2, 0.25) is 11.7 Å². The van der Waals surface area contributed by atoms with E-state index in [9.17, 15) is 4.79 Å². The standard InChI is InChI=1S/C14H19ClN6O2.ClH/c1-23-9-8-16-6-7-17-13(22)10-21-19-14(18-20-21)11-2-4-12(15)5-3-11;/h2-5,16H,6-10H2,1H3,(H,17,22);1H. The molecule has 0 radical (unpaired) electrons. The van der Waals surface area contributed by atoms with Crippen LogP contribution in [0.4, 0.5) is 0 Å². The Bertz CT molecular complexity index is 620. The maximum Gasteiger partial charge on any atom is 0.243 e. The number of methoxy groups -OCH3 is 1. The van der Waals surface area contributed by atoms with Crippen LogP contribution in [0.2, 0.25) is 5.02 Å². The summed E-state index contributed by atoms with van der Waals surface area (Å²) in [4.78, 5) is 13.0. The van der Waals surface area contributed by atoms with Crippen molar-refractivity contribution in [1.29, 1.82) is 0 Å². The third kappa shape index (κ3) is 6.79. The topological polar surface area (TPSA) is 94.0 Å². The first-order chi connectivity index (χ1) is 11.2. The van der Waals surface area contributed by atoms with Crippen molar-refractivity contribution in [2.75, 3.05) is 33.4 Å². The maximum atomic E-state index is 11.8. The SMILES string of the molecule is COCCNCCNC(=O)Cn1nnc(-c2ccc(Cl)cc2)n1.Cl. The monoisotopic (exact) mass is 374 g/mol. The Balaban J connectivity index is 0.00000288. The molecule has 132 valence electrons. The molecule has 0 bridgehead atoms. The van der Waals surface area contributed by atoms with E-state index in [1.807, 2.05) is 0 Å². The largest absolute Gasteiger partial charge is 0.383 e. The van der Waals surface area contributed by atoms with Crippen LogP contribution >= 0.6 is 24.0 Å². The molecule has 8 nitrogen and oxygen atoms in total. The number of amides is 1. The van der Waals surface area contributed by atoms with Crippen LogP contribution in [0, 0.1) is 0 Å². The van der Waals surface area contributed by atoms with E-state index in [1.165, 1.54) is 4.80 Å². The van der Waals surface area contributed by atoms with E-state index in [4.69, 9.17) is 16.3 Å². The van der Waals surface area contributed by atoms with Gasteiger partial charge in [0, 0.05) is 37.3 Å². The third-order valence-electron chi connectivity index (χ3n) is 2.95. The number of tetrazole rings is 1. The van der Waals surface area contributed by atoms with Crippen molar-refractivity contribution >= 4 is 29.9 Å². The molecular formula is C14H20Cl2N6O2. The van der Waals surface area contributed by atoms with Crippen LogP contribution in [0.15, 0.2) is 24.3 Å². The van der Waals surface area contributed by atoms with Crippen LogP contribution in [0.5, 0.6) is 0 Å². The molecule has 1 amide bonds. The van der Waals surface area contributed by atoms with Gasteiger partial charge in [0.1, 0.15) is 6.54 Å². The smallest absolute Gasteiger partial charge is 0.243 e. The van der Waals surface area contributed by atoms with E-state index in [0.29, 0.717) is 30.5 Å². The van der Waals surface area contributed by atoms with E-state index >= 15 is 0 Å². The Labute approximate surface area is 151 Å². The highest BCUT2D eigenvalue weighted by atomic mass is 35.5. The molecule has 0 unspecified atom stereocenters. The van der Waals surface area contributed by atoms with Crippen LogP contribution in [0.25, 0.3) is 11.4 Å². The first-order valence-corrected chi connectivity index (χ1v) is 7.57. The minimum atomic E-state index is -0.168. The number of benzene rings is 1. The van der Waals surface area contributed by atoms with E-state index in [0.717, 1.165) is 12.1 Å². The normalized spacial score (nSPS) is 10.2. The van der Waals surface area contributed by atoms with Crippen molar-refractivity contribution in [2.45, 2.75) is 6.54 Å². The Morgan fingerprint density at radius 1 is 1.25 bits per heavy atom. The molecule has 2 aromatic rings. The summed E-state index contributed by atoms with van der Waals surface area (Å²) in [6.45, 7) is 2.63. The Kier molecular flexibility index (Phi) is 9.24. The predicted molar refractivity (Wildman–Crippen MR) is 93.3 cm³/mol. The van der Waals surface area contributed by atoms with Gasteiger partial charge in [-0.25, -0.2) is 0 Å². The number of ether oxygens (including phenoxy) is 1. The van der Waals surface area contributed by atoms with Gasteiger partial charge in [-0.05, 0) is 29.5 Å². The van der Waals surface area contributed by atoms with E-state index in [2.05, 4.69) is 26.0 Å². The fourth-order valence-electron chi connectivity index (χ4n) is 1.80. The number of nitrogens with one attached hydrogen (secondary N) is 2. The lowest BCUT2D eigenvalue weighted by molar-refractivity contribution is -0.122. The molecule has 0 spiro atoms. The first-order valence-electron chi connectivity index (χ1n) is 7.19. The number of aromatic nitrogens is 4. The minimum absolute atomic E-state index is 0. The molecule has 0 saturated heterocycles. The predicted octanol–water partition coefficient (Wildman–Crippen LogP) is 0.767. The van der Waals surface area contributed by atoms with Crippen molar-refractivity contribution < 1.29 is 9.53 Å². The van der Waals surface area contributed by atoms with Gasteiger partial charge in [-0.1, -0.05) is 11.6 Å². The van der Waals surface area contributed by atoms with Crippen LogP contribution in [0.1, 0.15) is 0 Å². The van der Waals surface area contributed by atoms with Crippen molar-refractivity contribution in [1.82, 2.24) is 30.8 Å². The number of rotatable bonds is 9. The summed E-state index contributed by atoms with van der Waals surface area (Å²) in [5.74, 6) is 0.286. The molecule has 10 heteroatoms. The zero-order chi connectivity index (χ0) is 16.5. The summed E-state index contributed by atoms with van der Waals surface area (Å²) in [6.07, 6.45) is 0. The molecule has 1 heterocycles. The Morgan fingerprint density at radius 3 is 2.71 bits per heavy atom. The quantitative estimate of drug-likeness (QED) is 0.629. The number of hydrogen-bond acceptors (Lipinski definition) is 6. The highest BCUT2D eigenvalue weighted by molar-refractivity contribution is 6.30. The maximum absolute atomic E-state index is 11.8. The number of hydrogen-bond donors (Lipinski definition) is 2. The number of carbonyl (C=O) groups is 1. The van der Waals surface area contributed by atoms with Crippen molar-refractivity contribution in [3.8, 4) is 11.4 Å². The molecule has 1 aromatic heterocycles. The molecule has 1 aromatic carbocycles. The number of nitrogens with zero attached hydrogens (tertiary/aromatic N) is 4. The molecular weight excluding hydrogens is 355 g/mol. The molecule has 0 aliphatic carbocycles. The van der Waals surface area contributed by atoms with Gasteiger partial charge in [-0.3, -0.25) is 4.79 Å². The molecule has 0 aliphatic rings. The highest BCUT2D eigenvalue weighted by Gasteiger charge is 2.08. The molecule has 0 aliphatic heterocycles. The number of halogens is 2. The second-order valence-electron chi connectivity index (χ2n) is 4.74. The van der Waals surface area contributed by atoms with Crippen molar-refractivity contribution in [3.05, 3.63) is 29.3 Å². The number of carbonyl (C=O) groups excluding carboxylic acids is 1. The zero-order valence-corrected chi connectivity index (χ0v) is 14.8. The Hall–Kier alpha value is -1.74. The van der Waals surface area contributed by atoms with Crippen LogP contribution in [0.3, 0.4) is 0 Å². The van der Waals surface area contributed by atoms with Crippen molar-refractivity contribution in [2.24, 2.45) is 0 Å². The van der Waals surface area contributed by atoms with Gasteiger partial charge >= 0.3 is 0 Å². The average molecular weight is 375 g/mol. The summed E-state index contributed by atoms with van der Waals surface area (Å²) < 4.78 is 4.91. The van der Waals surface area contributed by atoms with Gasteiger partial charge in [0.15, 0.2) is 0 Å². The molecule has 0 atom stereocenters. The highest BCUT2D eigenvalue weighted by Crippen LogP contribution is 2.16.